The van der Waals surface area contributed by atoms with Gasteiger partial charge in [-0.05, 0) is 31.9 Å². The van der Waals surface area contributed by atoms with Crippen LogP contribution < -0.4 is 10.6 Å². The molecule has 1 heterocycles. The maximum atomic E-state index is 5.48. The number of guanidine groups is 1. The quantitative estimate of drug-likeness (QED) is 0.613. The van der Waals surface area contributed by atoms with Crippen molar-refractivity contribution in [2.75, 3.05) is 33.1 Å². The first-order valence-corrected chi connectivity index (χ1v) is 8.60. The van der Waals surface area contributed by atoms with Crippen LogP contribution in [0.4, 0.5) is 0 Å². The smallest absolute Gasteiger partial charge is 0.191 e. The summed E-state index contributed by atoms with van der Waals surface area (Å²) in [7, 11) is 1.86. The second-order valence-electron chi connectivity index (χ2n) is 5.55. The third-order valence-electron chi connectivity index (χ3n) is 4.33. The van der Waals surface area contributed by atoms with E-state index in [9.17, 15) is 0 Å². The molecule has 0 radical (unpaired) electrons. The van der Waals surface area contributed by atoms with Gasteiger partial charge in [0.2, 0.25) is 0 Å². The van der Waals surface area contributed by atoms with Crippen LogP contribution in [0.25, 0.3) is 0 Å². The fraction of sp³-hybridized carbons (Fsp3) is 0.929. The lowest BCUT2D eigenvalue weighted by atomic mass is 9.99. The second kappa shape index (κ2) is 7.39. The van der Waals surface area contributed by atoms with Crippen molar-refractivity contribution in [3.05, 3.63) is 0 Å². The van der Waals surface area contributed by atoms with Crippen LogP contribution in [0, 0.1) is 0 Å². The molecule has 1 aliphatic heterocycles. The van der Waals surface area contributed by atoms with E-state index in [1.54, 1.807) is 0 Å². The molecule has 0 aromatic rings. The minimum Gasteiger partial charge on any atom is -0.381 e. The minimum absolute atomic E-state index is 0.311. The van der Waals surface area contributed by atoms with E-state index in [0.717, 1.165) is 38.6 Å². The average Bonchev–Trinajstić information content (AvgIpc) is 2.97. The standard InChI is InChI=1S/C14H27N3OS/c1-15-13(17-12-5-3-4-6-12)16-11-14(19-2)7-9-18-10-8-14/h12H,3-11H2,1-2H3,(H2,15,16,17). The van der Waals surface area contributed by atoms with Gasteiger partial charge in [0.25, 0.3) is 0 Å². The van der Waals surface area contributed by atoms with Gasteiger partial charge in [-0.15, -0.1) is 0 Å². The molecule has 5 heteroatoms. The summed E-state index contributed by atoms with van der Waals surface area (Å²) in [6.07, 6.45) is 9.72. The lowest BCUT2D eigenvalue weighted by Crippen LogP contribution is -2.49. The van der Waals surface area contributed by atoms with Crippen LogP contribution in [0.3, 0.4) is 0 Å². The predicted octanol–water partition coefficient (Wildman–Crippen LogP) is 2.01. The Kier molecular flexibility index (Phi) is 5.82. The molecular weight excluding hydrogens is 258 g/mol. The maximum absolute atomic E-state index is 5.48. The Balaban J connectivity index is 1.80. The highest BCUT2D eigenvalue weighted by Crippen LogP contribution is 2.32. The molecule has 0 bridgehead atoms. The molecule has 0 atom stereocenters. The Hall–Kier alpha value is -0.420. The predicted molar refractivity (Wildman–Crippen MR) is 83.1 cm³/mol. The number of ether oxygens (including phenoxy) is 1. The van der Waals surface area contributed by atoms with E-state index in [2.05, 4.69) is 21.9 Å². The fourth-order valence-corrected chi connectivity index (χ4v) is 3.69. The van der Waals surface area contributed by atoms with E-state index >= 15 is 0 Å². The Morgan fingerprint density at radius 1 is 1.32 bits per heavy atom. The molecule has 2 aliphatic rings. The molecular formula is C14H27N3OS. The lowest BCUT2D eigenvalue weighted by Gasteiger charge is -2.36. The first-order chi connectivity index (χ1) is 9.28. The number of nitrogens with one attached hydrogen (secondary N) is 2. The molecule has 1 aliphatic carbocycles. The van der Waals surface area contributed by atoms with Crippen molar-refractivity contribution in [2.24, 2.45) is 4.99 Å². The van der Waals surface area contributed by atoms with Gasteiger partial charge in [0.1, 0.15) is 0 Å². The summed E-state index contributed by atoms with van der Waals surface area (Å²) in [5.74, 6) is 0.965. The van der Waals surface area contributed by atoms with Crippen molar-refractivity contribution < 1.29 is 4.74 Å². The highest BCUT2D eigenvalue weighted by Gasteiger charge is 2.32. The third kappa shape index (κ3) is 4.28. The monoisotopic (exact) mass is 285 g/mol. The highest BCUT2D eigenvalue weighted by molar-refractivity contribution is 8.00. The SMILES string of the molecule is CN=C(NCC1(SC)CCOCC1)NC1CCCC1. The van der Waals surface area contributed by atoms with E-state index in [4.69, 9.17) is 4.74 Å². The maximum Gasteiger partial charge on any atom is 0.191 e. The lowest BCUT2D eigenvalue weighted by molar-refractivity contribution is 0.0782. The molecule has 2 rings (SSSR count). The van der Waals surface area contributed by atoms with E-state index in [1.807, 2.05) is 18.8 Å². The molecule has 0 amide bonds. The molecule has 0 unspecified atom stereocenters. The van der Waals surface area contributed by atoms with Crippen molar-refractivity contribution in [3.8, 4) is 0 Å². The Labute approximate surface area is 121 Å². The largest absolute Gasteiger partial charge is 0.381 e. The molecule has 2 N–H and O–H groups in total. The van der Waals surface area contributed by atoms with Crippen molar-refractivity contribution in [1.29, 1.82) is 0 Å². The third-order valence-corrected chi connectivity index (χ3v) is 5.75. The molecule has 1 saturated heterocycles. The van der Waals surface area contributed by atoms with E-state index in [-0.39, 0.29) is 0 Å². The van der Waals surface area contributed by atoms with Crippen LogP contribution in [-0.4, -0.2) is 49.8 Å². The van der Waals surface area contributed by atoms with Crippen molar-refractivity contribution in [2.45, 2.75) is 49.3 Å². The molecule has 2 fully saturated rings. The van der Waals surface area contributed by atoms with Gasteiger partial charge in [-0.2, -0.15) is 11.8 Å². The van der Waals surface area contributed by atoms with Crippen molar-refractivity contribution >= 4 is 17.7 Å². The molecule has 19 heavy (non-hydrogen) atoms. The summed E-state index contributed by atoms with van der Waals surface area (Å²) in [5, 5.41) is 7.07. The van der Waals surface area contributed by atoms with E-state index in [1.165, 1.54) is 25.7 Å². The van der Waals surface area contributed by atoms with Gasteiger partial charge in [-0.3, -0.25) is 4.99 Å². The van der Waals surface area contributed by atoms with Gasteiger partial charge in [0, 0.05) is 37.6 Å². The Bertz CT molecular complexity index is 297. The first kappa shape index (κ1) is 15.0. The molecule has 0 aromatic heterocycles. The number of hydrogen-bond donors (Lipinski definition) is 2. The van der Waals surface area contributed by atoms with Crippen molar-refractivity contribution in [1.82, 2.24) is 10.6 Å². The number of rotatable bonds is 4. The average molecular weight is 285 g/mol. The van der Waals surface area contributed by atoms with Crippen LogP contribution in [0.5, 0.6) is 0 Å². The summed E-state index contributed by atoms with van der Waals surface area (Å²) in [4.78, 5) is 4.36. The number of hydrogen-bond acceptors (Lipinski definition) is 3. The zero-order valence-corrected chi connectivity index (χ0v) is 13.0. The highest BCUT2D eigenvalue weighted by atomic mass is 32.2. The van der Waals surface area contributed by atoms with Crippen molar-refractivity contribution in [3.63, 3.8) is 0 Å². The fourth-order valence-electron chi connectivity index (χ4n) is 2.90. The van der Waals surface area contributed by atoms with Gasteiger partial charge < -0.3 is 15.4 Å². The second-order valence-corrected chi connectivity index (χ2v) is 6.83. The molecule has 0 spiro atoms. The number of aliphatic imine (C=N–C) groups is 1. The summed E-state index contributed by atoms with van der Waals surface area (Å²) < 4.78 is 5.79. The topological polar surface area (TPSA) is 45.7 Å². The van der Waals surface area contributed by atoms with Crippen LogP contribution in [0.2, 0.25) is 0 Å². The van der Waals surface area contributed by atoms with E-state index < -0.39 is 0 Å². The van der Waals surface area contributed by atoms with Gasteiger partial charge in [-0.25, -0.2) is 0 Å². The van der Waals surface area contributed by atoms with Crippen LogP contribution in [0.1, 0.15) is 38.5 Å². The summed E-state index contributed by atoms with van der Waals surface area (Å²) >= 11 is 1.96. The molecule has 1 saturated carbocycles. The van der Waals surface area contributed by atoms with Gasteiger partial charge in [-0.1, -0.05) is 12.8 Å². The molecule has 4 nitrogen and oxygen atoms in total. The van der Waals surface area contributed by atoms with Gasteiger partial charge in [0.05, 0.1) is 0 Å². The summed E-state index contributed by atoms with van der Waals surface area (Å²) in [6, 6.07) is 0.617. The first-order valence-electron chi connectivity index (χ1n) is 7.38. The molecule has 0 aromatic carbocycles. The van der Waals surface area contributed by atoms with Gasteiger partial charge in [0.15, 0.2) is 5.96 Å². The zero-order chi connectivity index (χ0) is 13.6. The number of thioether (sulfide) groups is 1. The summed E-state index contributed by atoms with van der Waals surface area (Å²) in [5.41, 5.74) is 0. The molecule has 110 valence electrons. The van der Waals surface area contributed by atoms with Crippen LogP contribution in [0.15, 0.2) is 4.99 Å². The van der Waals surface area contributed by atoms with Crippen LogP contribution in [-0.2, 0) is 4.74 Å². The normalized spacial score (nSPS) is 24.4. The zero-order valence-electron chi connectivity index (χ0n) is 12.2. The van der Waals surface area contributed by atoms with E-state index in [0.29, 0.717) is 10.8 Å². The Morgan fingerprint density at radius 3 is 2.58 bits per heavy atom. The van der Waals surface area contributed by atoms with Gasteiger partial charge >= 0.3 is 0 Å². The Morgan fingerprint density at radius 2 is 2.00 bits per heavy atom. The minimum atomic E-state index is 0.311. The van der Waals surface area contributed by atoms with Crippen LogP contribution >= 0.6 is 11.8 Å². The number of nitrogens with zero attached hydrogens (tertiary/aromatic N) is 1. The summed E-state index contributed by atoms with van der Waals surface area (Å²) in [6.45, 7) is 2.75.